The van der Waals surface area contributed by atoms with Crippen LogP contribution in [0.25, 0.3) is 0 Å². The lowest BCUT2D eigenvalue weighted by molar-refractivity contribution is -0.128. The monoisotopic (exact) mass is 253 g/mol. The third-order valence-corrected chi connectivity index (χ3v) is 3.43. The number of carbonyl (C=O) groups excluding carboxylic acids is 2. The molecule has 1 unspecified atom stereocenters. The predicted octanol–water partition coefficient (Wildman–Crippen LogP) is 1.34. The molecule has 1 N–H and O–H groups in total. The fourth-order valence-corrected chi connectivity index (χ4v) is 2.46. The summed E-state index contributed by atoms with van der Waals surface area (Å²) >= 11 is 1.38. The number of rotatable bonds is 4. The first-order valence-electron chi connectivity index (χ1n) is 5.69. The van der Waals surface area contributed by atoms with Gasteiger partial charge in [0.05, 0.1) is 5.92 Å². The second-order valence-corrected chi connectivity index (χ2v) is 4.96. The normalized spacial score (nSPS) is 19.7. The molecule has 1 saturated heterocycles. The highest BCUT2D eigenvalue weighted by molar-refractivity contribution is 7.13. The van der Waals surface area contributed by atoms with Gasteiger partial charge in [-0.25, -0.2) is 4.98 Å². The molecular weight excluding hydrogens is 238 g/mol. The van der Waals surface area contributed by atoms with Crippen molar-refractivity contribution in [2.75, 3.05) is 18.4 Å². The highest BCUT2D eigenvalue weighted by atomic mass is 32.1. The predicted molar refractivity (Wildman–Crippen MR) is 65.7 cm³/mol. The number of aromatic nitrogens is 1. The van der Waals surface area contributed by atoms with E-state index in [1.807, 2.05) is 6.92 Å². The summed E-state index contributed by atoms with van der Waals surface area (Å²) in [5, 5.41) is 5.13. The number of carbonyl (C=O) groups is 2. The van der Waals surface area contributed by atoms with E-state index in [0.717, 1.165) is 13.0 Å². The first kappa shape index (κ1) is 12.0. The summed E-state index contributed by atoms with van der Waals surface area (Å²) in [5.41, 5.74) is 0. The average molecular weight is 253 g/mol. The van der Waals surface area contributed by atoms with Crippen LogP contribution in [0.3, 0.4) is 0 Å². The van der Waals surface area contributed by atoms with Crippen molar-refractivity contribution in [3.63, 3.8) is 0 Å². The Kier molecular flexibility index (Phi) is 3.73. The standard InChI is InChI=1S/C11H15N3O2S/c1-2-4-14-7-8(6-9(14)15)10(16)13-11-12-3-5-17-11/h3,5,8H,2,4,6-7H2,1H3,(H,12,13,16). The zero-order valence-electron chi connectivity index (χ0n) is 9.68. The van der Waals surface area contributed by atoms with Crippen molar-refractivity contribution in [3.8, 4) is 0 Å². The first-order valence-corrected chi connectivity index (χ1v) is 6.56. The van der Waals surface area contributed by atoms with Crippen LogP contribution in [0.2, 0.25) is 0 Å². The molecule has 2 heterocycles. The third-order valence-electron chi connectivity index (χ3n) is 2.74. The lowest BCUT2D eigenvalue weighted by atomic mass is 10.1. The van der Waals surface area contributed by atoms with Gasteiger partial charge in [0.15, 0.2) is 5.13 Å². The van der Waals surface area contributed by atoms with E-state index in [2.05, 4.69) is 10.3 Å². The molecule has 1 fully saturated rings. The molecule has 1 aromatic rings. The summed E-state index contributed by atoms with van der Waals surface area (Å²) < 4.78 is 0. The Morgan fingerprint density at radius 1 is 1.71 bits per heavy atom. The van der Waals surface area contributed by atoms with Gasteiger partial charge in [-0.1, -0.05) is 6.92 Å². The van der Waals surface area contributed by atoms with Crippen LogP contribution in [0.15, 0.2) is 11.6 Å². The summed E-state index contributed by atoms with van der Waals surface area (Å²) in [7, 11) is 0. The molecule has 1 aromatic heterocycles. The fraction of sp³-hybridized carbons (Fsp3) is 0.545. The van der Waals surface area contributed by atoms with Gasteiger partial charge in [0.25, 0.3) is 0 Å². The number of nitrogens with zero attached hydrogens (tertiary/aromatic N) is 2. The SMILES string of the molecule is CCCN1CC(C(=O)Nc2nccs2)CC1=O. The number of thiazole rings is 1. The molecule has 2 rings (SSSR count). The maximum Gasteiger partial charge on any atom is 0.231 e. The molecule has 0 spiro atoms. The molecule has 6 heteroatoms. The maximum absolute atomic E-state index is 11.9. The molecule has 1 atom stereocenters. The molecule has 0 aromatic carbocycles. The van der Waals surface area contributed by atoms with Gasteiger partial charge in [-0.3, -0.25) is 9.59 Å². The molecule has 1 aliphatic rings. The van der Waals surface area contributed by atoms with E-state index in [1.54, 1.807) is 16.5 Å². The van der Waals surface area contributed by atoms with E-state index in [1.165, 1.54) is 11.3 Å². The van der Waals surface area contributed by atoms with E-state index >= 15 is 0 Å². The van der Waals surface area contributed by atoms with Crippen LogP contribution in [-0.4, -0.2) is 34.8 Å². The molecule has 92 valence electrons. The van der Waals surface area contributed by atoms with Crippen LogP contribution in [0.5, 0.6) is 0 Å². The molecular formula is C11H15N3O2S. The van der Waals surface area contributed by atoms with Crippen molar-refractivity contribution in [2.24, 2.45) is 5.92 Å². The first-order chi connectivity index (χ1) is 8.20. The largest absolute Gasteiger partial charge is 0.342 e. The van der Waals surface area contributed by atoms with Gasteiger partial charge in [-0.2, -0.15) is 0 Å². The number of hydrogen-bond acceptors (Lipinski definition) is 4. The van der Waals surface area contributed by atoms with Crippen LogP contribution in [0.1, 0.15) is 19.8 Å². The molecule has 1 aliphatic heterocycles. The molecule has 2 amide bonds. The average Bonchev–Trinajstić information content (AvgIpc) is 2.90. The van der Waals surface area contributed by atoms with Gasteiger partial charge in [-0.05, 0) is 6.42 Å². The second-order valence-electron chi connectivity index (χ2n) is 4.07. The van der Waals surface area contributed by atoms with Crippen molar-refractivity contribution in [1.82, 2.24) is 9.88 Å². The quantitative estimate of drug-likeness (QED) is 0.880. The minimum atomic E-state index is -0.238. The Hall–Kier alpha value is -1.43. The van der Waals surface area contributed by atoms with Gasteiger partial charge in [-0.15, -0.1) is 11.3 Å². The summed E-state index contributed by atoms with van der Waals surface area (Å²) in [6.07, 6.45) is 2.88. The van der Waals surface area contributed by atoms with Crippen LogP contribution < -0.4 is 5.32 Å². The van der Waals surface area contributed by atoms with Crippen LogP contribution in [0, 0.1) is 5.92 Å². The van der Waals surface area contributed by atoms with E-state index in [4.69, 9.17) is 0 Å². The topological polar surface area (TPSA) is 62.3 Å². The van der Waals surface area contributed by atoms with Crippen molar-refractivity contribution in [2.45, 2.75) is 19.8 Å². The summed E-state index contributed by atoms with van der Waals surface area (Å²) in [5.74, 6) is -0.268. The van der Waals surface area contributed by atoms with Crippen LogP contribution in [-0.2, 0) is 9.59 Å². The molecule has 0 radical (unpaired) electrons. The maximum atomic E-state index is 11.9. The zero-order chi connectivity index (χ0) is 12.3. The highest BCUT2D eigenvalue weighted by Gasteiger charge is 2.33. The summed E-state index contributed by atoms with van der Waals surface area (Å²) in [4.78, 5) is 29.2. The van der Waals surface area contributed by atoms with Gasteiger partial charge < -0.3 is 10.2 Å². The van der Waals surface area contributed by atoms with Gasteiger partial charge in [0.1, 0.15) is 0 Å². The smallest absolute Gasteiger partial charge is 0.231 e. The highest BCUT2D eigenvalue weighted by Crippen LogP contribution is 2.20. The summed E-state index contributed by atoms with van der Waals surface area (Å²) in [6, 6.07) is 0. The van der Waals surface area contributed by atoms with Crippen molar-refractivity contribution < 1.29 is 9.59 Å². The lowest BCUT2D eigenvalue weighted by Crippen LogP contribution is -2.28. The number of nitrogens with one attached hydrogen (secondary N) is 1. The van der Waals surface area contributed by atoms with Gasteiger partial charge in [0.2, 0.25) is 11.8 Å². The summed E-state index contributed by atoms with van der Waals surface area (Å²) in [6.45, 7) is 3.29. The fourth-order valence-electron chi connectivity index (χ4n) is 1.93. The van der Waals surface area contributed by atoms with E-state index < -0.39 is 0 Å². The van der Waals surface area contributed by atoms with E-state index in [0.29, 0.717) is 18.1 Å². The Balaban J connectivity index is 1.91. The van der Waals surface area contributed by atoms with Gasteiger partial charge in [0, 0.05) is 31.1 Å². The minimum Gasteiger partial charge on any atom is -0.342 e. The van der Waals surface area contributed by atoms with Crippen molar-refractivity contribution >= 4 is 28.3 Å². The molecule has 0 aliphatic carbocycles. The Morgan fingerprint density at radius 2 is 2.53 bits per heavy atom. The third kappa shape index (κ3) is 2.82. The Bertz CT molecular complexity index is 405. The molecule has 5 nitrogen and oxygen atoms in total. The zero-order valence-corrected chi connectivity index (χ0v) is 10.5. The molecule has 0 saturated carbocycles. The lowest BCUT2D eigenvalue weighted by Gasteiger charge is -2.14. The molecule has 0 bridgehead atoms. The van der Waals surface area contributed by atoms with Crippen molar-refractivity contribution in [3.05, 3.63) is 11.6 Å². The minimum absolute atomic E-state index is 0.0751. The van der Waals surface area contributed by atoms with E-state index in [-0.39, 0.29) is 17.7 Å². The Labute approximate surface area is 104 Å². The number of anilines is 1. The van der Waals surface area contributed by atoms with E-state index in [9.17, 15) is 9.59 Å². The molecule has 17 heavy (non-hydrogen) atoms. The second kappa shape index (κ2) is 5.27. The van der Waals surface area contributed by atoms with Crippen molar-refractivity contribution in [1.29, 1.82) is 0 Å². The van der Waals surface area contributed by atoms with Crippen LogP contribution in [0.4, 0.5) is 5.13 Å². The van der Waals surface area contributed by atoms with Crippen LogP contribution >= 0.6 is 11.3 Å². The Morgan fingerprint density at radius 3 is 3.18 bits per heavy atom. The number of hydrogen-bond donors (Lipinski definition) is 1. The van der Waals surface area contributed by atoms with Gasteiger partial charge >= 0.3 is 0 Å². The number of amides is 2. The number of likely N-dealkylation sites (tertiary alicyclic amines) is 1.